The molecular weight excluding hydrogens is 404 g/mol. The molecule has 0 spiro atoms. The second kappa shape index (κ2) is 8.07. The van der Waals surface area contributed by atoms with Gasteiger partial charge in [-0.3, -0.25) is 9.48 Å². The highest BCUT2D eigenvalue weighted by Gasteiger charge is 2.40. The van der Waals surface area contributed by atoms with E-state index in [1.807, 2.05) is 6.92 Å². The van der Waals surface area contributed by atoms with E-state index in [9.17, 15) is 13.2 Å². The van der Waals surface area contributed by atoms with Crippen LogP contribution in [0.2, 0.25) is 0 Å². The number of hydrogen-bond donors (Lipinski definition) is 1. The first-order chi connectivity index (χ1) is 14.3. The molecule has 10 heteroatoms. The Morgan fingerprint density at radius 2 is 2.03 bits per heavy atom. The summed E-state index contributed by atoms with van der Waals surface area (Å²) >= 11 is 0. The zero-order valence-corrected chi connectivity index (χ0v) is 18.4. The van der Waals surface area contributed by atoms with Crippen molar-refractivity contribution in [2.24, 2.45) is 0 Å². The number of nitrogens with one attached hydrogen (secondary N) is 1. The van der Waals surface area contributed by atoms with Gasteiger partial charge in [0, 0.05) is 31.5 Å². The highest BCUT2D eigenvalue weighted by Crippen LogP contribution is 2.37. The van der Waals surface area contributed by atoms with E-state index in [1.54, 1.807) is 24.7 Å². The van der Waals surface area contributed by atoms with Crippen molar-refractivity contribution in [3.05, 3.63) is 35.2 Å². The fourth-order valence-corrected chi connectivity index (χ4v) is 5.76. The van der Waals surface area contributed by atoms with E-state index in [0.29, 0.717) is 48.7 Å². The average molecular weight is 433 g/mol. The minimum atomic E-state index is -3.77. The van der Waals surface area contributed by atoms with Crippen LogP contribution in [0.5, 0.6) is 0 Å². The van der Waals surface area contributed by atoms with Gasteiger partial charge >= 0.3 is 0 Å². The largest absolute Gasteiger partial charge is 0.349 e. The second-order valence-corrected chi connectivity index (χ2v) is 9.94. The third kappa shape index (κ3) is 3.98. The number of aromatic nitrogens is 4. The molecule has 2 aliphatic rings. The lowest BCUT2D eigenvalue weighted by atomic mass is 10.1. The first kappa shape index (κ1) is 20.9. The van der Waals surface area contributed by atoms with E-state index in [1.165, 1.54) is 10.5 Å². The molecule has 9 nitrogen and oxygen atoms in total. The lowest BCUT2D eigenvalue weighted by molar-refractivity contribution is 0.0947. The van der Waals surface area contributed by atoms with E-state index in [-0.39, 0.29) is 16.8 Å². The first-order valence-corrected chi connectivity index (χ1v) is 12.0. The van der Waals surface area contributed by atoms with Gasteiger partial charge in [0.2, 0.25) is 10.0 Å². The quantitative estimate of drug-likeness (QED) is 0.718. The number of sulfonamides is 1. The maximum Gasteiger partial charge on any atom is 0.254 e. The van der Waals surface area contributed by atoms with Crippen LogP contribution in [0.25, 0.3) is 0 Å². The van der Waals surface area contributed by atoms with Crippen molar-refractivity contribution in [3.8, 4) is 0 Å². The predicted molar refractivity (Wildman–Crippen MR) is 110 cm³/mol. The molecule has 4 rings (SSSR count). The van der Waals surface area contributed by atoms with Crippen LogP contribution < -0.4 is 5.32 Å². The van der Waals surface area contributed by atoms with Crippen LogP contribution >= 0.6 is 0 Å². The molecule has 2 fully saturated rings. The van der Waals surface area contributed by atoms with Gasteiger partial charge in [0.1, 0.15) is 10.7 Å². The van der Waals surface area contributed by atoms with Crippen LogP contribution in [0.15, 0.2) is 17.3 Å². The number of hydrogen-bond acceptors (Lipinski definition) is 6. The fourth-order valence-electron chi connectivity index (χ4n) is 3.93. The molecule has 2 aromatic heterocycles. The van der Waals surface area contributed by atoms with E-state index in [4.69, 9.17) is 0 Å². The van der Waals surface area contributed by atoms with Gasteiger partial charge in [-0.25, -0.2) is 18.4 Å². The van der Waals surface area contributed by atoms with Crippen LogP contribution in [0.3, 0.4) is 0 Å². The zero-order chi connectivity index (χ0) is 21.5. The maximum absolute atomic E-state index is 13.5. The Morgan fingerprint density at radius 3 is 2.73 bits per heavy atom. The Balaban J connectivity index is 1.70. The Morgan fingerprint density at radius 1 is 1.27 bits per heavy atom. The van der Waals surface area contributed by atoms with Crippen molar-refractivity contribution < 1.29 is 13.2 Å². The summed E-state index contributed by atoms with van der Waals surface area (Å²) < 4.78 is 30.2. The molecule has 1 atom stereocenters. The molecular formula is C20H28N6O3S. The van der Waals surface area contributed by atoms with Gasteiger partial charge in [-0.05, 0) is 46.0 Å². The van der Waals surface area contributed by atoms with Crippen molar-refractivity contribution in [2.45, 2.75) is 76.4 Å². The lowest BCUT2D eigenvalue weighted by Crippen LogP contribution is -2.34. The molecule has 3 heterocycles. The molecule has 1 amide bonds. The van der Waals surface area contributed by atoms with Crippen LogP contribution in [0.4, 0.5) is 0 Å². The third-order valence-corrected chi connectivity index (χ3v) is 7.57. The second-order valence-electron chi connectivity index (χ2n) is 8.08. The topological polar surface area (TPSA) is 110 Å². The Bertz CT molecular complexity index is 1060. The number of carbonyl (C=O) groups excluding carboxylic acids is 1. The van der Waals surface area contributed by atoms with Crippen LogP contribution in [0.1, 0.15) is 72.6 Å². The van der Waals surface area contributed by atoms with Crippen LogP contribution in [-0.2, 0) is 16.6 Å². The smallest absolute Gasteiger partial charge is 0.254 e. The van der Waals surface area contributed by atoms with Crippen molar-refractivity contribution in [1.29, 1.82) is 0 Å². The summed E-state index contributed by atoms with van der Waals surface area (Å²) in [5.74, 6) is 0.285. The van der Waals surface area contributed by atoms with Gasteiger partial charge in [0.25, 0.3) is 5.91 Å². The standard InChI is InChI=1S/C20H28N6O3S/c1-4-9-25-12-18(13(2)24-25)30(28,29)26-10-5-6-17(26)19-16(11-21-14(3)22-19)20(27)23-15-7-8-15/h11-12,15,17H,4-10H2,1-3H3,(H,23,27)/t17-/m1/s1. The van der Waals surface area contributed by atoms with Gasteiger partial charge in [-0.2, -0.15) is 9.40 Å². The first-order valence-electron chi connectivity index (χ1n) is 10.5. The summed E-state index contributed by atoms with van der Waals surface area (Å²) in [6, 6.07) is -0.298. The SMILES string of the molecule is CCCn1cc(S(=O)(=O)N2CCC[C@@H]2c2nc(C)ncc2C(=O)NC2CC2)c(C)n1. The normalized spacial score (nSPS) is 19.9. The summed E-state index contributed by atoms with van der Waals surface area (Å²) in [4.78, 5) is 21.7. The van der Waals surface area contributed by atoms with Crippen LogP contribution in [0, 0.1) is 13.8 Å². The van der Waals surface area contributed by atoms with Gasteiger partial charge in [-0.15, -0.1) is 0 Å². The third-order valence-electron chi connectivity index (χ3n) is 5.56. The summed E-state index contributed by atoms with van der Waals surface area (Å²) in [5.41, 5.74) is 1.33. The number of rotatable bonds is 7. The predicted octanol–water partition coefficient (Wildman–Crippen LogP) is 2.12. The summed E-state index contributed by atoms with van der Waals surface area (Å²) in [7, 11) is -3.77. The Hall–Kier alpha value is -2.33. The van der Waals surface area contributed by atoms with E-state index in [2.05, 4.69) is 20.4 Å². The van der Waals surface area contributed by atoms with Gasteiger partial charge < -0.3 is 5.32 Å². The minimum absolute atomic E-state index is 0.196. The molecule has 30 heavy (non-hydrogen) atoms. The number of amides is 1. The Labute approximate surface area is 176 Å². The summed E-state index contributed by atoms with van der Waals surface area (Å²) in [6.45, 7) is 6.54. The van der Waals surface area contributed by atoms with Crippen LogP contribution in [-0.4, -0.2) is 51.0 Å². The van der Waals surface area contributed by atoms with Crippen molar-refractivity contribution in [3.63, 3.8) is 0 Å². The molecule has 2 aromatic rings. The molecule has 162 valence electrons. The van der Waals surface area contributed by atoms with Crippen molar-refractivity contribution in [2.75, 3.05) is 6.54 Å². The monoisotopic (exact) mass is 432 g/mol. The van der Waals surface area contributed by atoms with Crippen molar-refractivity contribution >= 4 is 15.9 Å². The molecule has 0 unspecified atom stereocenters. The molecule has 1 saturated heterocycles. The van der Waals surface area contributed by atoms with Gasteiger partial charge in [-0.1, -0.05) is 6.92 Å². The van der Waals surface area contributed by atoms with E-state index >= 15 is 0 Å². The lowest BCUT2D eigenvalue weighted by Gasteiger charge is -2.25. The highest BCUT2D eigenvalue weighted by molar-refractivity contribution is 7.89. The minimum Gasteiger partial charge on any atom is -0.349 e. The van der Waals surface area contributed by atoms with Gasteiger partial charge in [0.05, 0.1) is 23.0 Å². The molecule has 0 radical (unpaired) electrons. The Kier molecular flexibility index (Phi) is 5.63. The van der Waals surface area contributed by atoms with E-state index in [0.717, 1.165) is 19.3 Å². The molecule has 0 bridgehead atoms. The van der Waals surface area contributed by atoms with Gasteiger partial charge in [0.15, 0.2) is 0 Å². The maximum atomic E-state index is 13.5. The zero-order valence-electron chi connectivity index (χ0n) is 17.6. The van der Waals surface area contributed by atoms with E-state index < -0.39 is 16.1 Å². The fraction of sp³-hybridized carbons (Fsp3) is 0.600. The number of aryl methyl sites for hydroxylation is 3. The van der Waals surface area contributed by atoms with Crippen molar-refractivity contribution in [1.82, 2.24) is 29.4 Å². The molecule has 0 aromatic carbocycles. The molecule has 1 aliphatic heterocycles. The molecule has 1 aliphatic carbocycles. The summed E-state index contributed by atoms with van der Waals surface area (Å²) in [5, 5.41) is 7.32. The highest BCUT2D eigenvalue weighted by atomic mass is 32.2. The molecule has 1 saturated carbocycles. The average Bonchev–Trinajstić information content (AvgIpc) is 3.22. The number of nitrogens with zero attached hydrogens (tertiary/aromatic N) is 5. The number of carbonyl (C=O) groups is 1. The molecule has 1 N–H and O–H groups in total. The summed E-state index contributed by atoms with van der Waals surface area (Å²) in [6.07, 6.45) is 7.25.